The van der Waals surface area contributed by atoms with Crippen LogP contribution >= 0.6 is 0 Å². The van der Waals surface area contributed by atoms with Gasteiger partial charge in [-0.1, -0.05) is 0 Å². The first kappa shape index (κ1) is 21.3. The van der Waals surface area contributed by atoms with E-state index in [0.29, 0.717) is 0 Å². The SMILES string of the molecule is CCOC(=O)[C-](F)F.CCOC(=O)[C-](F)F.[Zn+2]. The molecule has 4 nitrogen and oxygen atoms in total. The molecule has 0 aliphatic rings. The smallest absolute Gasteiger partial charge is 0.484 e. The van der Waals surface area contributed by atoms with Crippen LogP contribution in [-0.2, 0) is 38.5 Å². The minimum atomic E-state index is -2.30. The van der Waals surface area contributed by atoms with E-state index >= 15 is 0 Å². The summed E-state index contributed by atoms with van der Waals surface area (Å²) in [4.78, 5) is 19.5. The van der Waals surface area contributed by atoms with Gasteiger partial charge in [-0.05, 0) is 13.8 Å². The van der Waals surface area contributed by atoms with E-state index in [2.05, 4.69) is 9.47 Å². The molecule has 0 atom stereocenters. The van der Waals surface area contributed by atoms with Crippen molar-refractivity contribution < 1.29 is 56.1 Å². The van der Waals surface area contributed by atoms with Gasteiger partial charge in [-0.25, -0.2) is 0 Å². The van der Waals surface area contributed by atoms with E-state index < -0.39 is 24.8 Å². The van der Waals surface area contributed by atoms with Crippen LogP contribution in [0.25, 0.3) is 0 Å². The minimum absolute atomic E-state index is 0. The first-order chi connectivity index (χ1) is 7.36. The Morgan fingerprint density at radius 3 is 1.18 bits per heavy atom. The fourth-order valence-corrected chi connectivity index (χ4v) is 0.371. The second kappa shape index (κ2) is 13.1. The molecule has 17 heavy (non-hydrogen) atoms. The summed E-state index contributed by atoms with van der Waals surface area (Å²) < 4.78 is 52.0. The van der Waals surface area contributed by atoms with Gasteiger partial charge in [0.15, 0.2) is 0 Å². The Hall–Kier alpha value is -0.977. The predicted octanol–water partition coefficient (Wildman–Crippen LogP) is 1.95. The molecule has 0 radical (unpaired) electrons. The maximum absolute atomic E-state index is 11.1. The van der Waals surface area contributed by atoms with Gasteiger partial charge in [0.05, 0.1) is 13.2 Å². The van der Waals surface area contributed by atoms with Crippen molar-refractivity contribution in [3.8, 4) is 0 Å². The monoisotopic (exact) mass is 310 g/mol. The van der Waals surface area contributed by atoms with Crippen LogP contribution < -0.4 is 0 Å². The molecule has 0 unspecified atom stereocenters. The van der Waals surface area contributed by atoms with Gasteiger partial charge in [0.1, 0.15) is 0 Å². The number of hydrogen-bond acceptors (Lipinski definition) is 4. The number of carbonyl (C=O) groups excluding carboxylic acids is 2. The predicted molar refractivity (Wildman–Crippen MR) is 44.2 cm³/mol. The van der Waals surface area contributed by atoms with Gasteiger partial charge in [-0.2, -0.15) is 0 Å². The summed E-state index contributed by atoms with van der Waals surface area (Å²) in [5.74, 6) is -3.07. The van der Waals surface area contributed by atoms with E-state index in [1.165, 1.54) is 13.8 Å². The van der Waals surface area contributed by atoms with Crippen LogP contribution in [0.5, 0.6) is 0 Å². The van der Waals surface area contributed by atoms with Gasteiger partial charge in [-0.15, -0.1) is 0 Å². The molecule has 0 saturated carbocycles. The molecule has 9 heteroatoms. The van der Waals surface area contributed by atoms with Crippen LogP contribution in [-0.4, -0.2) is 25.2 Å². The molecule has 0 aliphatic carbocycles. The van der Waals surface area contributed by atoms with Crippen LogP contribution in [0.4, 0.5) is 17.6 Å². The maximum atomic E-state index is 11.1. The van der Waals surface area contributed by atoms with Crippen LogP contribution in [0.3, 0.4) is 0 Å². The summed E-state index contributed by atoms with van der Waals surface area (Å²) in [5, 5.41) is 0. The molecule has 0 aromatic carbocycles. The first-order valence-corrected chi connectivity index (χ1v) is 4.06. The molecule has 0 spiro atoms. The van der Waals surface area contributed by atoms with Crippen molar-refractivity contribution in [3.05, 3.63) is 12.9 Å². The molecule has 0 rings (SSSR count). The quantitative estimate of drug-likeness (QED) is 0.345. The van der Waals surface area contributed by atoms with E-state index in [1.54, 1.807) is 0 Å². The van der Waals surface area contributed by atoms with Crippen molar-refractivity contribution in [3.63, 3.8) is 0 Å². The van der Waals surface area contributed by atoms with Crippen molar-refractivity contribution >= 4 is 11.9 Å². The Balaban J connectivity index is -0.000000218. The molecule has 96 valence electrons. The fourth-order valence-electron chi connectivity index (χ4n) is 0.371. The molecule has 0 saturated heterocycles. The largest absolute Gasteiger partial charge is 2.00 e. The first-order valence-electron chi connectivity index (χ1n) is 4.06. The number of halogens is 4. The Kier molecular flexibility index (Phi) is 16.4. The van der Waals surface area contributed by atoms with Crippen molar-refractivity contribution in [1.29, 1.82) is 0 Å². The molecular weight excluding hydrogens is 301 g/mol. The van der Waals surface area contributed by atoms with E-state index in [1.807, 2.05) is 0 Å². The molecule has 0 fully saturated rings. The number of hydrogen-bond donors (Lipinski definition) is 0. The van der Waals surface area contributed by atoms with Gasteiger partial charge in [0, 0.05) is 12.9 Å². The third kappa shape index (κ3) is 15.0. The second-order valence-corrected chi connectivity index (χ2v) is 1.96. The minimum Gasteiger partial charge on any atom is -0.484 e. The molecule has 0 bridgehead atoms. The average molecular weight is 312 g/mol. The zero-order chi connectivity index (χ0) is 13.1. The normalized spacial score (nSPS) is 7.88. The third-order valence-corrected chi connectivity index (χ3v) is 0.859. The van der Waals surface area contributed by atoms with Gasteiger partial charge in [0.25, 0.3) is 0 Å². The number of esters is 2. The summed E-state index contributed by atoms with van der Waals surface area (Å²) in [5.41, 5.74) is 0. The summed E-state index contributed by atoms with van der Waals surface area (Å²) in [7, 11) is 0. The Morgan fingerprint density at radius 2 is 1.12 bits per heavy atom. The van der Waals surface area contributed by atoms with E-state index in [4.69, 9.17) is 0 Å². The maximum Gasteiger partial charge on any atom is 2.00 e. The molecule has 0 aromatic rings. The van der Waals surface area contributed by atoms with Crippen molar-refractivity contribution in [1.82, 2.24) is 0 Å². The number of ether oxygens (including phenoxy) is 2. The zero-order valence-corrected chi connectivity index (χ0v) is 12.2. The molecular formula is C8H10F4O4Zn. The second-order valence-electron chi connectivity index (χ2n) is 1.96. The summed E-state index contributed by atoms with van der Waals surface area (Å²) in [6.07, 6.45) is -4.60. The Morgan fingerprint density at radius 1 is 0.882 bits per heavy atom. The molecule has 0 aromatic heterocycles. The number of carbonyl (C=O) groups is 2. The topological polar surface area (TPSA) is 52.6 Å². The van der Waals surface area contributed by atoms with Gasteiger partial charge in [-0.3, -0.25) is 9.59 Å². The van der Waals surface area contributed by atoms with Crippen LogP contribution in [0.15, 0.2) is 0 Å². The molecule has 0 amide bonds. The summed E-state index contributed by atoms with van der Waals surface area (Å²) in [6, 6.07) is 0. The van der Waals surface area contributed by atoms with E-state index in [0.717, 1.165) is 0 Å². The fraction of sp³-hybridized carbons (Fsp3) is 0.500. The average Bonchev–Trinajstić information content (AvgIpc) is 2.19. The van der Waals surface area contributed by atoms with Crippen LogP contribution in [0.2, 0.25) is 0 Å². The number of rotatable bonds is 4. The van der Waals surface area contributed by atoms with Crippen LogP contribution in [0.1, 0.15) is 13.8 Å². The van der Waals surface area contributed by atoms with Crippen molar-refractivity contribution in [2.45, 2.75) is 13.8 Å². The standard InChI is InChI=1S/2C4H5F2O2.Zn/c2*1-2-8-4(7)3(5)6;/h2*2H2,1H3;/q2*-1;+2. The molecule has 0 N–H and O–H groups in total. The molecule has 0 aliphatic heterocycles. The van der Waals surface area contributed by atoms with Crippen molar-refractivity contribution in [2.24, 2.45) is 0 Å². The van der Waals surface area contributed by atoms with Crippen molar-refractivity contribution in [2.75, 3.05) is 13.2 Å². The van der Waals surface area contributed by atoms with Crippen LogP contribution in [0, 0.1) is 12.9 Å². The molecule has 0 heterocycles. The van der Waals surface area contributed by atoms with Gasteiger partial charge in [0.2, 0.25) is 11.9 Å². The summed E-state index contributed by atoms with van der Waals surface area (Å²) in [6.45, 7) is 2.88. The Labute approximate surface area is 108 Å². The van der Waals surface area contributed by atoms with E-state index in [9.17, 15) is 27.2 Å². The van der Waals surface area contributed by atoms with Gasteiger partial charge >= 0.3 is 19.5 Å². The third-order valence-electron chi connectivity index (χ3n) is 0.859. The van der Waals surface area contributed by atoms with Gasteiger partial charge < -0.3 is 27.0 Å². The Bertz CT molecular complexity index is 192. The zero-order valence-electron chi connectivity index (χ0n) is 9.27. The van der Waals surface area contributed by atoms with E-state index in [-0.39, 0.29) is 32.7 Å². The summed E-state index contributed by atoms with van der Waals surface area (Å²) >= 11 is 0.